The molecule has 0 amide bonds. The second-order valence-corrected chi connectivity index (χ2v) is 6.72. The summed E-state index contributed by atoms with van der Waals surface area (Å²) in [5, 5.41) is 6.03. The molecule has 26 heavy (non-hydrogen) atoms. The molecular formula is C14H17F3N4O4S. The van der Waals surface area contributed by atoms with Crippen LogP contribution in [0.25, 0.3) is 11.3 Å². The number of alkyl halides is 3. The van der Waals surface area contributed by atoms with E-state index in [0.717, 1.165) is 6.07 Å². The smallest absolute Gasteiger partial charge is 0.496 e. The molecular weight excluding hydrogens is 377 g/mol. The van der Waals surface area contributed by atoms with Crippen molar-refractivity contribution >= 4 is 15.8 Å². The highest BCUT2D eigenvalue weighted by Crippen LogP contribution is 2.38. The summed E-state index contributed by atoms with van der Waals surface area (Å²) in [5.74, 6) is 0.229. The van der Waals surface area contributed by atoms with Crippen molar-refractivity contribution in [3.8, 4) is 22.8 Å². The Balaban J connectivity index is 2.36. The van der Waals surface area contributed by atoms with Gasteiger partial charge in [-0.25, -0.2) is 0 Å². The number of hydrogen-bond acceptors (Lipinski definition) is 6. The number of H-pyrrole nitrogens is 1. The molecule has 8 nitrogen and oxygen atoms in total. The lowest BCUT2D eigenvalue weighted by atomic mass is 10.1. The normalized spacial score (nSPS) is 12.0. The molecule has 0 aliphatic carbocycles. The molecule has 12 heteroatoms. The Kier molecular flexibility index (Phi) is 5.97. The van der Waals surface area contributed by atoms with Crippen LogP contribution >= 0.6 is 0 Å². The molecule has 0 fully saturated rings. The van der Waals surface area contributed by atoms with Gasteiger partial charge in [0, 0.05) is 6.07 Å². The van der Waals surface area contributed by atoms with Crippen LogP contribution in [-0.2, 0) is 10.0 Å². The molecule has 0 aliphatic rings. The zero-order valence-corrected chi connectivity index (χ0v) is 14.4. The molecule has 0 spiro atoms. The highest BCUT2D eigenvalue weighted by Gasteiger charge is 2.46. The van der Waals surface area contributed by atoms with Crippen LogP contribution in [0, 0.1) is 0 Å². The van der Waals surface area contributed by atoms with Crippen LogP contribution in [0.1, 0.15) is 6.42 Å². The third-order valence-corrected chi connectivity index (χ3v) is 4.29. The minimum Gasteiger partial charge on any atom is -0.496 e. The molecule has 0 unspecified atom stereocenters. The lowest BCUT2D eigenvalue weighted by Gasteiger charge is -2.13. The van der Waals surface area contributed by atoms with E-state index in [1.807, 2.05) is 0 Å². The molecule has 144 valence electrons. The molecule has 0 atom stereocenters. The van der Waals surface area contributed by atoms with Crippen molar-refractivity contribution in [2.45, 2.75) is 11.9 Å². The predicted molar refractivity (Wildman–Crippen MR) is 88.3 cm³/mol. The molecule has 0 radical (unpaired) electrons. The second-order valence-electron chi connectivity index (χ2n) is 5.04. The first kappa shape index (κ1) is 19.8. The fourth-order valence-electron chi connectivity index (χ4n) is 2.03. The molecule has 4 N–H and O–H groups in total. The van der Waals surface area contributed by atoms with Crippen LogP contribution in [-0.4, -0.2) is 44.4 Å². The van der Waals surface area contributed by atoms with Gasteiger partial charge in [0.05, 0.1) is 25.0 Å². The first-order valence-corrected chi connectivity index (χ1v) is 8.82. The number of hydrogen-bond donors (Lipinski definition) is 3. The molecule has 1 aromatic heterocycles. The van der Waals surface area contributed by atoms with Gasteiger partial charge in [0.2, 0.25) is 0 Å². The lowest BCUT2D eigenvalue weighted by molar-refractivity contribution is -0.0429. The number of methoxy groups -OCH3 is 1. The van der Waals surface area contributed by atoms with Crippen LogP contribution in [0.2, 0.25) is 0 Å². The standard InChI is InChI=1S/C14H17F3N4O4S/c1-24-10-4-2-5-11(25-7-3-6-18)13(10)9-8-12(20-19-9)21-26(22,23)14(15,16)17/h2,4-5,8H,3,6-7,18H2,1H3,(H2,19,20,21). The molecule has 0 saturated carbocycles. The maximum atomic E-state index is 12.5. The number of rotatable bonds is 8. The number of sulfonamides is 1. The van der Waals surface area contributed by atoms with Crippen LogP contribution in [0.4, 0.5) is 19.0 Å². The maximum Gasteiger partial charge on any atom is 0.516 e. The average Bonchev–Trinajstić information content (AvgIpc) is 3.01. The number of benzene rings is 1. The van der Waals surface area contributed by atoms with E-state index in [2.05, 4.69) is 10.2 Å². The van der Waals surface area contributed by atoms with E-state index in [1.54, 1.807) is 18.2 Å². The van der Waals surface area contributed by atoms with Gasteiger partial charge in [0.1, 0.15) is 11.5 Å². The molecule has 0 bridgehead atoms. The SMILES string of the molecule is COc1cccc(OCCCN)c1-c1cc(NS(=O)(=O)C(F)(F)F)n[nH]1. The minimum absolute atomic E-state index is 0.213. The van der Waals surface area contributed by atoms with Gasteiger partial charge < -0.3 is 15.2 Å². The number of ether oxygens (including phenoxy) is 2. The predicted octanol–water partition coefficient (Wildman–Crippen LogP) is 2.07. The number of halogens is 3. The van der Waals surface area contributed by atoms with Gasteiger partial charge in [-0.2, -0.15) is 26.7 Å². The number of nitrogens with one attached hydrogen (secondary N) is 2. The Labute approximate surface area is 147 Å². The van der Waals surface area contributed by atoms with Crippen molar-refractivity contribution in [2.75, 3.05) is 25.0 Å². The Morgan fingerprint density at radius 3 is 2.62 bits per heavy atom. The summed E-state index contributed by atoms with van der Waals surface area (Å²) in [4.78, 5) is 0. The van der Waals surface area contributed by atoms with Crippen LogP contribution < -0.4 is 19.9 Å². The molecule has 0 saturated heterocycles. The van der Waals surface area contributed by atoms with E-state index >= 15 is 0 Å². The number of nitrogens with zero attached hydrogens (tertiary/aromatic N) is 1. The van der Waals surface area contributed by atoms with E-state index in [-0.39, 0.29) is 5.69 Å². The summed E-state index contributed by atoms with van der Waals surface area (Å²) in [6.45, 7) is 0.741. The molecule has 2 aromatic rings. The maximum absolute atomic E-state index is 12.5. The summed E-state index contributed by atoms with van der Waals surface area (Å²) in [6.07, 6.45) is 0.594. The summed E-state index contributed by atoms with van der Waals surface area (Å²) >= 11 is 0. The van der Waals surface area contributed by atoms with Gasteiger partial charge in [-0.15, -0.1) is 0 Å². The number of anilines is 1. The van der Waals surface area contributed by atoms with Gasteiger partial charge in [0.25, 0.3) is 0 Å². The van der Waals surface area contributed by atoms with Crippen molar-refractivity contribution in [3.05, 3.63) is 24.3 Å². The number of aromatic nitrogens is 2. The topological polar surface area (TPSA) is 119 Å². The Hall–Kier alpha value is -2.47. The summed E-state index contributed by atoms with van der Waals surface area (Å²) in [5.41, 5.74) is 0.565. The fourth-order valence-corrected chi connectivity index (χ4v) is 2.53. The van der Waals surface area contributed by atoms with Crippen LogP contribution in [0.15, 0.2) is 24.3 Å². The van der Waals surface area contributed by atoms with E-state index in [9.17, 15) is 21.6 Å². The zero-order valence-electron chi connectivity index (χ0n) is 13.6. The Bertz CT molecular complexity index is 852. The van der Waals surface area contributed by atoms with Crippen molar-refractivity contribution in [1.29, 1.82) is 0 Å². The number of aromatic amines is 1. The summed E-state index contributed by atoms with van der Waals surface area (Å²) in [7, 11) is -4.16. The van der Waals surface area contributed by atoms with E-state index in [0.29, 0.717) is 36.6 Å². The van der Waals surface area contributed by atoms with E-state index < -0.39 is 21.3 Å². The van der Waals surface area contributed by atoms with Gasteiger partial charge in [-0.1, -0.05) is 6.07 Å². The second kappa shape index (κ2) is 7.83. The summed E-state index contributed by atoms with van der Waals surface area (Å²) in [6, 6.07) is 6.03. The molecule has 2 rings (SSSR count). The Morgan fingerprint density at radius 1 is 1.31 bits per heavy atom. The highest BCUT2D eigenvalue weighted by molar-refractivity contribution is 7.93. The monoisotopic (exact) mass is 394 g/mol. The highest BCUT2D eigenvalue weighted by atomic mass is 32.2. The molecule has 0 aliphatic heterocycles. The van der Waals surface area contributed by atoms with Gasteiger partial charge in [-0.05, 0) is 25.1 Å². The lowest BCUT2D eigenvalue weighted by Crippen LogP contribution is -2.30. The number of nitrogens with two attached hydrogens (primary N) is 1. The van der Waals surface area contributed by atoms with E-state index in [1.165, 1.54) is 11.8 Å². The van der Waals surface area contributed by atoms with Gasteiger partial charge in [-0.3, -0.25) is 9.82 Å². The zero-order chi connectivity index (χ0) is 19.4. The van der Waals surface area contributed by atoms with Crippen molar-refractivity contribution in [1.82, 2.24) is 10.2 Å². The summed E-state index contributed by atoms with van der Waals surface area (Å²) < 4.78 is 72.0. The quantitative estimate of drug-likeness (QED) is 0.590. The average molecular weight is 394 g/mol. The van der Waals surface area contributed by atoms with Crippen molar-refractivity contribution in [2.24, 2.45) is 5.73 Å². The van der Waals surface area contributed by atoms with Crippen LogP contribution in [0.5, 0.6) is 11.5 Å². The third-order valence-electron chi connectivity index (χ3n) is 3.20. The first-order chi connectivity index (χ1) is 12.2. The van der Waals surface area contributed by atoms with Crippen molar-refractivity contribution < 1.29 is 31.1 Å². The van der Waals surface area contributed by atoms with Gasteiger partial charge in [0.15, 0.2) is 5.82 Å². The molecule has 1 aromatic carbocycles. The van der Waals surface area contributed by atoms with Crippen molar-refractivity contribution in [3.63, 3.8) is 0 Å². The van der Waals surface area contributed by atoms with Gasteiger partial charge >= 0.3 is 15.5 Å². The Morgan fingerprint density at radius 2 is 2.00 bits per heavy atom. The van der Waals surface area contributed by atoms with Crippen LogP contribution in [0.3, 0.4) is 0 Å². The minimum atomic E-state index is -5.57. The first-order valence-electron chi connectivity index (χ1n) is 7.34. The van der Waals surface area contributed by atoms with E-state index in [4.69, 9.17) is 15.2 Å². The third kappa shape index (κ3) is 4.38. The largest absolute Gasteiger partial charge is 0.516 e. The fraction of sp³-hybridized carbons (Fsp3) is 0.357. The molecule has 1 heterocycles.